The number of hydrogen-bond acceptors (Lipinski definition) is 7. The zero-order chi connectivity index (χ0) is 47.5. The first kappa shape index (κ1) is 41.2. The van der Waals surface area contributed by atoms with Gasteiger partial charge < -0.3 is 24.0 Å². The van der Waals surface area contributed by atoms with Crippen molar-refractivity contribution in [3.8, 4) is 79.3 Å². The molecule has 0 amide bonds. The second kappa shape index (κ2) is 17.0. The van der Waals surface area contributed by atoms with Crippen LogP contribution in [0.25, 0.3) is 44.8 Å². The highest BCUT2D eigenvalue weighted by Crippen LogP contribution is 2.63. The molecule has 4 heterocycles. The van der Waals surface area contributed by atoms with Crippen molar-refractivity contribution >= 4 is 51.2 Å². The molecule has 0 radical (unpaired) electrons. The van der Waals surface area contributed by atoms with Crippen molar-refractivity contribution in [2.24, 2.45) is 0 Å². The molecular formula is C65H42N4O3. The maximum atomic E-state index is 6.72. The van der Waals surface area contributed by atoms with Crippen LogP contribution in [0.4, 0.5) is 51.2 Å². The fourth-order valence-corrected chi connectivity index (χ4v) is 10.3. The Balaban J connectivity index is 1.05. The maximum Gasteiger partial charge on any atom is 0.151 e. The van der Waals surface area contributed by atoms with Gasteiger partial charge in [-0.15, -0.1) is 0 Å². The number of benzene rings is 10. The molecule has 340 valence electrons. The summed E-state index contributed by atoms with van der Waals surface area (Å²) in [5.74, 6) is 4.52. The van der Waals surface area contributed by atoms with Gasteiger partial charge in [-0.3, -0.25) is 4.90 Å². The normalized spacial score (nSPS) is 12.7. The maximum absolute atomic E-state index is 6.72. The Morgan fingerprint density at radius 2 is 0.500 bits per heavy atom. The molecule has 1 aromatic heterocycles. The largest absolute Gasteiger partial charge is 0.453 e. The average molecular weight is 927 g/mol. The van der Waals surface area contributed by atoms with Crippen molar-refractivity contribution in [2.45, 2.75) is 0 Å². The van der Waals surface area contributed by atoms with Crippen LogP contribution in [-0.2, 0) is 0 Å². The Morgan fingerprint density at radius 1 is 0.222 bits per heavy atom. The fourth-order valence-electron chi connectivity index (χ4n) is 10.3. The number of anilines is 9. The zero-order valence-corrected chi connectivity index (χ0v) is 38.8. The van der Waals surface area contributed by atoms with Gasteiger partial charge in [0, 0.05) is 11.1 Å². The summed E-state index contributed by atoms with van der Waals surface area (Å²) in [6.45, 7) is 0. The molecule has 14 rings (SSSR count). The van der Waals surface area contributed by atoms with E-state index in [0.717, 1.165) is 130 Å². The molecule has 3 aliphatic heterocycles. The van der Waals surface area contributed by atoms with Gasteiger partial charge in [-0.25, -0.2) is 4.98 Å². The van der Waals surface area contributed by atoms with Crippen molar-refractivity contribution in [2.75, 3.05) is 14.7 Å². The number of ether oxygens (including phenoxy) is 3. The van der Waals surface area contributed by atoms with E-state index < -0.39 is 0 Å². The molecule has 0 unspecified atom stereocenters. The minimum Gasteiger partial charge on any atom is -0.453 e. The van der Waals surface area contributed by atoms with E-state index in [0.29, 0.717) is 0 Å². The number of hydrogen-bond donors (Lipinski definition) is 0. The third-order valence-electron chi connectivity index (χ3n) is 13.6. The second-order valence-electron chi connectivity index (χ2n) is 17.9. The predicted molar refractivity (Wildman–Crippen MR) is 290 cm³/mol. The van der Waals surface area contributed by atoms with Crippen LogP contribution in [0.2, 0.25) is 0 Å². The van der Waals surface area contributed by atoms with Crippen LogP contribution >= 0.6 is 0 Å². The summed E-state index contributed by atoms with van der Waals surface area (Å²) < 4.78 is 20.1. The smallest absolute Gasteiger partial charge is 0.151 e. The topological polar surface area (TPSA) is 50.3 Å². The van der Waals surface area contributed by atoms with Crippen LogP contribution in [0.1, 0.15) is 0 Å². The number of rotatable bonds is 7. The number of aromatic nitrogens is 1. The van der Waals surface area contributed by atoms with E-state index >= 15 is 0 Å². The van der Waals surface area contributed by atoms with E-state index in [-0.39, 0.29) is 0 Å². The average Bonchev–Trinajstić information content (AvgIpc) is 3.45. The third kappa shape index (κ3) is 6.94. The van der Waals surface area contributed by atoms with Crippen LogP contribution in [-0.4, -0.2) is 4.98 Å². The standard InChI is InChI=1S/C65H42N4O3/c1-3-19-45(20-4-1)49-39-47(40-50(66-49)46-21-5-2-6-22-46)43-35-37-44(38-36-43)48-41-57(67-51-23-7-13-29-59(51)70-60-30-14-8-24-52(60)67)65(69-55-27-11-17-33-63(55)72-64-34-18-12-28-56(64)69)58(42-48)68-53-25-9-15-31-61(53)71-62-32-16-10-26-54(62)68/h1-42H. The first-order chi connectivity index (χ1) is 35.7. The Kier molecular flexibility index (Phi) is 9.70. The Hall–Kier alpha value is -9.85. The van der Waals surface area contributed by atoms with Gasteiger partial charge >= 0.3 is 0 Å². The SMILES string of the molecule is c1ccc(-c2cc(-c3ccc(-c4cc(N5c6ccccc6Oc6ccccc65)c(N5c6ccccc6Oc6ccccc65)c(N5c6ccccc6Oc6ccccc65)c4)cc3)cc(-c3ccccc3)n2)cc1. The molecule has 0 fully saturated rings. The fraction of sp³-hybridized carbons (Fsp3) is 0. The number of nitrogens with zero attached hydrogens (tertiary/aromatic N) is 4. The Labute approximate surface area is 417 Å². The summed E-state index contributed by atoms with van der Waals surface area (Å²) >= 11 is 0. The molecule has 0 bridgehead atoms. The van der Waals surface area contributed by atoms with Crippen molar-refractivity contribution in [3.05, 3.63) is 255 Å². The lowest BCUT2D eigenvalue weighted by molar-refractivity contribution is 0.475. The second-order valence-corrected chi connectivity index (χ2v) is 17.9. The van der Waals surface area contributed by atoms with E-state index in [1.165, 1.54) is 0 Å². The molecule has 0 aliphatic carbocycles. The molecule has 7 nitrogen and oxygen atoms in total. The Morgan fingerprint density at radius 3 is 0.833 bits per heavy atom. The monoisotopic (exact) mass is 926 g/mol. The van der Waals surface area contributed by atoms with Crippen molar-refractivity contribution < 1.29 is 14.2 Å². The minimum atomic E-state index is 0.750. The summed E-state index contributed by atoms with van der Waals surface area (Å²) in [7, 11) is 0. The molecule has 3 aliphatic rings. The lowest BCUT2D eigenvalue weighted by atomic mass is 9.95. The summed E-state index contributed by atoms with van der Waals surface area (Å²) in [5, 5.41) is 0. The van der Waals surface area contributed by atoms with Gasteiger partial charge in [-0.2, -0.15) is 0 Å². The summed E-state index contributed by atoms with van der Waals surface area (Å²) in [6, 6.07) is 88.5. The van der Waals surface area contributed by atoms with Crippen LogP contribution < -0.4 is 28.9 Å². The number of fused-ring (bicyclic) bond motifs is 6. The lowest BCUT2D eigenvalue weighted by Gasteiger charge is -2.42. The van der Waals surface area contributed by atoms with Crippen LogP contribution in [0, 0.1) is 0 Å². The number of para-hydroxylation sites is 12. The highest BCUT2D eigenvalue weighted by atomic mass is 16.5. The van der Waals surface area contributed by atoms with Crippen LogP contribution in [0.3, 0.4) is 0 Å². The van der Waals surface area contributed by atoms with Crippen LogP contribution in [0.15, 0.2) is 255 Å². The number of pyridine rings is 1. The molecule has 0 atom stereocenters. The van der Waals surface area contributed by atoms with Crippen molar-refractivity contribution in [1.82, 2.24) is 4.98 Å². The molecule has 72 heavy (non-hydrogen) atoms. The summed E-state index contributed by atoms with van der Waals surface area (Å²) in [4.78, 5) is 12.3. The third-order valence-corrected chi connectivity index (χ3v) is 13.6. The molecule has 10 aromatic carbocycles. The summed E-state index contributed by atoms with van der Waals surface area (Å²) in [5.41, 5.74) is 16.4. The van der Waals surface area contributed by atoms with Gasteiger partial charge in [-0.1, -0.05) is 158 Å². The lowest BCUT2D eigenvalue weighted by Crippen LogP contribution is -2.25. The van der Waals surface area contributed by atoms with Gasteiger partial charge in [0.1, 0.15) is 0 Å². The first-order valence-electron chi connectivity index (χ1n) is 24.1. The van der Waals surface area contributed by atoms with E-state index in [4.69, 9.17) is 19.2 Å². The molecule has 0 N–H and O–H groups in total. The van der Waals surface area contributed by atoms with E-state index in [1.54, 1.807) is 0 Å². The summed E-state index contributed by atoms with van der Waals surface area (Å²) in [6.07, 6.45) is 0. The predicted octanol–water partition coefficient (Wildman–Crippen LogP) is 18.5. The highest BCUT2D eigenvalue weighted by molar-refractivity contribution is 6.07. The van der Waals surface area contributed by atoms with E-state index in [2.05, 4.69) is 185 Å². The molecule has 7 heteroatoms. The van der Waals surface area contributed by atoms with Gasteiger partial charge in [0.25, 0.3) is 0 Å². The zero-order valence-electron chi connectivity index (χ0n) is 38.8. The quantitative estimate of drug-likeness (QED) is 0.158. The van der Waals surface area contributed by atoms with Crippen molar-refractivity contribution in [3.63, 3.8) is 0 Å². The van der Waals surface area contributed by atoms with Crippen LogP contribution in [0.5, 0.6) is 34.5 Å². The van der Waals surface area contributed by atoms with Crippen molar-refractivity contribution in [1.29, 1.82) is 0 Å². The molecule has 11 aromatic rings. The minimum absolute atomic E-state index is 0.750. The van der Waals surface area contributed by atoms with E-state index in [1.807, 2.05) is 84.9 Å². The first-order valence-corrected chi connectivity index (χ1v) is 24.1. The van der Waals surface area contributed by atoms with Gasteiger partial charge in [-0.05, 0) is 119 Å². The van der Waals surface area contributed by atoms with E-state index in [9.17, 15) is 0 Å². The molecular weight excluding hydrogens is 885 g/mol. The molecule has 0 saturated heterocycles. The Bertz CT molecular complexity index is 3570. The van der Waals surface area contributed by atoms with Gasteiger partial charge in [0.15, 0.2) is 34.5 Å². The highest BCUT2D eigenvalue weighted by Gasteiger charge is 2.38. The van der Waals surface area contributed by atoms with Gasteiger partial charge in [0.2, 0.25) is 0 Å². The molecule has 0 spiro atoms. The van der Waals surface area contributed by atoms with Gasteiger partial charge in [0.05, 0.1) is 62.6 Å². The molecule has 0 saturated carbocycles.